The molecule has 2 amide bonds. The number of Topliss-reactive ketones (excluding diaryl/α,β-unsaturated/α-hetero) is 1. The fourth-order valence-corrected chi connectivity index (χ4v) is 6.27. The van der Waals surface area contributed by atoms with Crippen LogP contribution in [0.25, 0.3) is 0 Å². The van der Waals surface area contributed by atoms with Crippen molar-refractivity contribution < 1.29 is 31.2 Å². The van der Waals surface area contributed by atoms with E-state index in [1.165, 1.54) is 11.8 Å². The normalized spacial score (nSPS) is 14.5. The summed E-state index contributed by atoms with van der Waals surface area (Å²) in [6.07, 6.45) is 2.30. The minimum Gasteiger partial charge on any atom is -0.339 e. The quantitative estimate of drug-likeness (QED) is 0.254. The SMILES string of the molecule is CS(=O)(=O)NCc1nc(NC(=O)Nc2ccc(C(F)(F)F)cc2C(=O)C2CCCC2)sc1Sc1ncc[nH]1. The molecule has 0 atom stereocenters. The molecule has 0 aliphatic heterocycles. The molecule has 1 aromatic carbocycles. The molecule has 38 heavy (non-hydrogen) atoms. The molecule has 16 heteroatoms. The van der Waals surface area contributed by atoms with Gasteiger partial charge in [0.2, 0.25) is 10.0 Å². The van der Waals surface area contributed by atoms with Gasteiger partial charge in [-0.3, -0.25) is 10.1 Å². The number of imidazole rings is 1. The number of hydrogen-bond donors (Lipinski definition) is 4. The van der Waals surface area contributed by atoms with Crippen molar-refractivity contribution in [3.05, 3.63) is 47.4 Å². The van der Waals surface area contributed by atoms with E-state index in [2.05, 4.69) is 30.3 Å². The summed E-state index contributed by atoms with van der Waals surface area (Å²) < 4.78 is 66.0. The molecule has 3 aromatic rings. The fourth-order valence-electron chi connectivity index (χ4n) is 3.87. The number of H-pyrrole nitrogens is 1. The number of nitrogens with one attached hydrogen (secondary N) is 4. The van der Waals surface area contributed by atoms with E-state index in [0.29, 0.717) is 27.9 Å². The first-order chi connectivity index (χ1) is 17.9. The fraction of sp³-hybridized carbons (Fsp3) is 0.364. The molecular formula is C22H23F3N6O4S3. The summed E-state index contributed by atoms with van der Waals surface area (Å²) in [6.45, 7) is -0.138. The van der Waals surface area contributed by atoms with E-state index >= 15 is 0 Å². The lowest BCUT2D eigenvalue weighted by Gasteiger charge is -2.16. The Balaban J connectivity index is 1.55. The molecule has 0 spiro atoms. The largest absolute Gasteiger partial charge is 0.416 e. The summed E-state index contributed by atoms with van der Waals surface area (Å²) in [7, 11) is -3.52. The predicted octanol–water partition coefficient (Wildman–Crippen LogP) is 5.10. The molecule has 4 rings (SSSR count). The number of aromatic nitrogens is 3. The Morgan fingerprint density at radius 3 is 2.58 bits per heavy atom. The number of alkyl halides is 3. The van der Waals surface area contributed by atoms with Crippen molar-refractivity contribution in [1.29, 1.82) is 0 Å². The Morgan fingerprint density at radius 2 is 1.95 bits per heavy atom. The molecule has 2 heterocycles. The Kier molecular flexibility index (Phi) is 8.44. The van der Waals surface area contributed by atoms with Crippen LogP contribution in [0.2, 0.25) is 0 Å². The highest BCUT2D eigenvalue weighted by Gasteiger charge is 2.33. The van der Waals surface area contributed by atoms with Crippen LogP contribution in [0, 0.1) is 5.92 Å². The number of sulfonamides is 1. The van der Waals surface area contributed by atoms with Crippen LogP contribution in [0.15, 0.2) is 40.0 Å². The van der Waals surface area contributed by atoms with Gasteiger partial charge in [0.1, 0.15) is 0 Å². The van der Waals surface area contributed by atoms with Crippen LogP contribution >= 0.6 is 23.1 Å². The van der Waals surface area contributed by atoms with Crippen LogP contribution < -0.4 is 15.4 Å². The van der Waals surface area contributed by atoms with Crippen LogP contribution in [0.5, 0.6) is 0 Å². The van der Waals surface area contributed by atoms with Crippen LogP contribution in [0.4, 0.5) is 28.8 Å². The number of carbonyl (C=O) groups is 2. The number of nitrogens with zero attached hydrogens (tertiary/aromatic N) is 2. The number of benzene rings is 1. The smallest absolute Gasteiger partial charge is 0.339 e. The molecule has 0 radical (unpaired) electrons. The highest BCUT2D eigenvalue weighted by atomic mass is 32.2. The summed E-state index contributed by atoms with van der Waals surface area (Å²) in [5.74, 6) is -0.837. The van der Waals surface area contributed by atoms with Crippen molar-refractivity contribution in [1.82, 2.24) is 19.7 Å². The van der Waals surface area contributed by atoms with Gasteiger partial charge in [0.25, 0.3) is 0 Å². The first kappa shape index (κ1) is 28.1. The molecule has 1 fully saturated rings. The summed E-state index contributed by atoms with van der Waals surface area (Å²) in [5, 5.41) is 5.60. The average molecular weight is 589 g/mol. The predicted molar refractivity (Wildman–Crippen MR) is 137 cm³/mol. The first-order valence-electron chi connectivity index (χ1n) is 11.3. The average Bonchev–Trinajstić information content (AvgIpc) is 3.59. The summed E-state index contributed by atoms with van der Waals surface area (Å²) in [5.41, 5.74) is -0.891. The van der Waals surface area contributed by atoms with Crippen LogP contribution in [-0.4, -0.2) is 41.4 Å². The highest BCUT2D eigenvalue weighted by Crippen LogP contribution is 2.37. The number of halogens is 3. The Hall–Kier alpha value is -2.95. The minimum absolute atomic E-state index is 0.0480. The molecule has 1 aliphatic rings. The number of aromatic amines is 1. The van der Waals surface area contributed by atoms with Crippen LogP contribution in [0.3, 0.4) is 0 Å². The zero-order valence-electron chi connectivity index (χ0n) is 19.9. The van der Waals surface area contributed by atoms with Gasteiger partial charge in [-0.15, -0.1) is 0 Å². The second-order valence-corrected chi connectivity index (χ2v) is 12.6. The number of ketones is 1. The molecule has 1 aliphatic carbocycles. The van der Waals surface area contributed by atoms with E-state index in [1.54, 1.807) is 12.4 Å². The molecule has 0 saturated heterocycles. The topological polar surface area (TPSA) is 146 Å². The summed E-state index contributed by atoms with van der Waals surface area (Å²) in [4.78, 5) is 37.1. The lowest BCUT2D eigenvalue weighted by molar-refractivity contribution is -0.137. The van der Waals surface area contributed by atoms with Gasteiger partial charge < -0.3 is 10.3 Å². The molecule has 0 unspecified atom stereocenters. The number of amides is 2. The van der Waals surface area contributed by atoms with Crippen molar-refractivity contribution in [2.75, 3.05) is 16.9 Å². The second kappa shape index (κ2) is 11.4. The van der Waals surface area contributed by atoms with Gasteiger partial charge >= 0.3 is 12.2 Å². The number of rotatable bonds is 9. The van der Waals surface area contributed by atoms with E-state index in [-0.39, 0.29) is 22.9 Å². The molecule has 4 N–H and O–H groups in total. The lowest BCUT2D eigenvalue weighted by atomic mass is 9.93. The van der Waals surface area contributed by atoms with Crippen molar-refractivity contribution in [3.8, 4) is 0 Å². The van der Waals surface area contributed by atoms with Gasteiger partial charge in [-0.2, -0.15) is 13.2 Å². The molecule has 204 valence electrons. The van der Waals surface area contributed by atoms with E-state index in [9.17, 15) is 31.2 Å². The summed E-state index contributed by atoms with van der Waals surface area (Å²) in [6, 6.07) is 1.81. The van der Waals surface area contributed by atoms with Gasteiger partial charge in [-0.05, 0) is 42.8 Å². The first-order valence-corrected chi connectivity index (χ1v) is 14.9. The van der Waals surface area contributed by atoms with E-state index in [4.69, 9.17) is 0 Å². The maximum atomic E-state index is 13.3. The van der Waals surface area contributed by atoms with E-state index in [0.717, 1.165) is 48.6 Å². The zero-order valence-corrected chi connectivity index (χ0v) is 22.3. The number of hydrogen-bond acceptors (Lipinski definition) is 8. The van der Waals surface area contributed by atoms with Gasteiger partial charge in [-0.25, -0.2) is 27.9 Å². The van der Waals surface area contributed by atoms with Gasteiger partial charge in [0.15, 0.2) is 16.1 Å². The van der Waals surface area contributed by atoms with Crippen molar-refractivity contribution in [3.63, 3.8) is 0 Å². The minimum atomic E-state index is -4.65. The molecular weight excluding hydrogens is 565 g/mol. The van der Waals surface area contributed by atoms with E-state index < -0.39 is 39.5 Å². The monoisotopic (exact) mass is 588 g/mol. The van der Waals surface area contributed by atoms with Crippen molar-refractivity contribution in [2.24, 2.45) is 5.92 Å². The number of anilines is 2. The second-order valence-electron chi connectivity index (χ2n) is 8.53. The van der Waals surface area contributed by atoms with Gasteiger partial charge in [0.05, 0.1) is 34.0 Å². The number of carbonyl (C=O) groups excluding carboxylic acids is 2. The molecule has 10 nitrogen and oxygen atoms in total. The van der Waals surface area contributed by atoms with Crippen LogP contribution in [-0.2, 0) is 22.7 Å². The third-order valence-electron chi connectivity index (χ3n) is 5.63. The molecule has 0 bridgehead atoms. The standard InChI is InChI=1S/C22H23F3N6O4S3/c1-38(34,35)28-11-16-18(36-20-26-8-9-27-20)37-21(30-16)31-19(33)29-15-7-6-13(22(23,24)25)10-14(15)17(32)12-4-2-3-5-12/h6-10,12,28H,2-5,11H2,1H3,(H,26,27)(H2,29,30,31,33). The van der Waals surface area contributed by atoms with Gasteiger partial charge in [0, 0.05) is 23.9 Å². The highest BCUT2D eigenvalue weighted by molar-refractivity contribution is 8.01. The van der Waals surface area contributed by atoms with Crippen LogP contribution in [0.1, 0.15) is 47.3 Å². The zero-order chi connectivity index (χ0) is 27.5. The maximum absolute atomic E-state index is 13.3. The maximum Gasteiger partial charge on any atom is 0.416 e. The Morgan fingerprint density at radius 1 is 1.21 bits per heavy atom. The summed E-state index contributed by atoms with van der Waals surface area (Å²) >= 11 is 2.23. The van der Waals surface area contributed by atoms with E-state index in [1.807, 2.05) is 0 Å². The molecule has 2 aromatic heterocycles. The van der Waals surface area contributed by atoms with Crippen molar-refractivity contribution in [2.45, 2.75) is 47.8 Å². The Labute approximate surface area is 224 Å². The lowest BCUT2D eigenvalue weighted by Crippen LogP contribution is -2.23. The third-order valence-corrected chi connectivity index (χ3v) is 8.45. The van der Waals surface area contributed by atoms with Gasteiger partial charge in [-0.1, -0.05) is 24.2 Å². The third kappa shape index (κ3) is 7.33. The Bertz CT molecular complexity index is 1420. The number of thiazole rings is 1. The number of urea groups is 1. The molecule has 1 saturated carbocycles. The van der Waals surface area contributed by atoms with Crippen molar-refractivity contribution >= 4 is 55.8 Å².